The zero-order valence-corrected chi connectivity index (χ0v) is 20.4. The van der Waals surface area contributed by atoms with Gasteiger partial charge in [0.15, 0.2) is 0 Å². The predicted octanol–water partition coefficient (Wildman–Crippen LogP) is 0.453. The van der Waals surface area contributed by atoms with Gasteiger partial charge in [0.2, 0.25) is 11.8 Å². The van der Waals surface area contributed by atoms with Crippen molar-refractivity contribution in [2.24, 2.45) is 7.05 Å². The topological polar surface area (TPSA) is 107 Å². The summed E-state index contributed by atoms with van der Waals surface area (Å²) in [5, 5.41) is 5.57. The number of anilines is 1. The number of piperazine rings is 1. The lowest BCUT2D eigenvalue weighted by molar-refractivity contribution is -0.133. The van der Waals surface area contributed by atoms with Crippen molar-refractivity contribution in [2.75, 3.05) is 45.2 Å². The van der Waals surface area contributed by atoms with E-state index >= 15 is 0 Å². The fraction of sp³-hybridized carbons (Fsp3) is 0.440. The monoisotopic (exact) mass is 480 g/mol. The highest BCUT2D eigenvalue weighted by Gasteiger charge is 2.39. The largest absolute Gasteiger partial charge is 0.378 e. The van der Waals surface area contributed by atoms with Crippen LogP contribution in [0.15, 0.2) is 42.6 Å². The van der Waals surface area contributed by atoms with E-state index in [9.17, 15) is 19.2 Å². The average Bonchev–Trinajstić information content (AvgIpc) is 3.30. The first-order chi connectivity index (χ1) is 16.8. The molecule has 35 heavy (non-hydrogen) atoms. The van der Waals surface area contributed by atoms with Gasteiger partial charge in [-0.1, -0.05) is 0 Å². The number of aryl methyl sites for hydroxylation is 1. The van der Waals surface area contributed by atoms with Crippen LogP contribution in [-0.4, -0.2) is 90.4 Å². The van der Waals surface area contributed by atoms with E-state index in [1.165, 1.54) is 4.90 Å². The molecule has 0 radical (unpaired) electrons. The number of nitrogens with zero attached hydrogens (tertiary/aromatic N) is 4. The molecule has 1 aromatic heterocycles. The molecule has 2 atom stereocenters. The van der Waals surface area contributed by atoms with Gasteiger partial charge < -0.3 is 29.9 Å². The molecule has 2 aromatic rings. The zero-order chi connectivity index (χ0) is 25.1. The molecule has 3 heterocycles. The summed E-state index contributed by atoms with van der Waals surface area (Å²) in [5.74, 6) is -1.15. The average molecular weight is 481 g/mol. The van der Waals surface area contributed by atoms with Crippen LogP contribution in [0.1, 0.15) is 33.7 Å². The minimum absolute atomic E-state index is 0.0473. The maximum Gasteiger partial charge on any atom is 0.270 e. The highest BCUT2D eigenvalue weighted by molar-refractivity contribution is 6.00. The van der Waals surface area contributed by atoms with Crippen molar-refractivity contribution < 1.29 is 19.2 Å². The molecule has 10 heteroatoms. The van der Waals surface area contributed by atoms with Crippen molar-refractivity contribution in [3.05, 3.63) is 53.9 Å². The summed E-state index contributed by atoms with van der Waals surface area (Å²) in [6, 6.07) is 9.14. The van der Waals surface area contributed by atoms with Crippen LogP contribution in [0.25, 0.3) is 0 Å². The predicted molar refractivity (Wildman–Crippen MR) is 131 cm³/mol. The number of carbonyl (C=O) groups excluding carboxylic acids is 4. The van der Waals surface area contributed by atoms with E-state index < -0.39 is 18.0 Å². The minimum Gasteiger partial charge on any atom is -0.378 e. The second-order valence-corrected chi connectivity index (χ2v) is 9.21. The smallest absolute Gasteiger partial charge is 0.270 e. The van der Waals surface area contributed by atoms with E-state index in [4.69, 9.17) is 0 Å². The lowest BCUT2D eigenvalue weighted by atomic mass is 10.0. The van der Waals surface area contributed by atoms with Gasteiger partial charge in [-0.25, -0.2) is 0 Å². The lowest BCUT2D eigenvalue weighted by Crippen LogP contribution is -2.63. The molecule has 186 valence electrons. The Morgan fingerprint density at radius 2 is 1.80 bits per heavy atom. The molecule has 2 saturated heterocycles. The standard InChI is InChI=1S/C25H32N6O4/c1-28(2)18-10-8-17(9-11-18)24(34)31-15-14-30(25(35)20-7-5-13-29(20)3)16-21(31)23(33)27-19-6-4-12-26-22(19)32/h5,7-11,13,19,21H,4,6,12,14-16H2,1-3H3,(H,26,32)(H,27,33). The summed E-state index contributed by atoms with van der Waals surface area (Å²) in [4.78, 5) is 57.3. The first-order valence-corrected chi connectivity index (χ1v) is 11.8. The van der Waals surface area contributed by atoms with Crippen LogP contribution in [-0.2, 0) is 16.6 Å². The molecule has 0 bridgehead atoms. The first-order valence-electron chi connectivity index (χ1n) is 11.8. The lowest BCUT2D eigenvalue weighted by Gasteiger charge is -2.41. The van der Waals surface area contributed by atoms with E-state index in [1.807, 2.05) is 31.1 Å². The number of rotatable bonds is 5. The highest BCUT2D eigenvalue weighted by Crippen LogP contribution is 2.20. The minimum atomic E-state index is -0.913. The Morgan fingerprint density at radius 1 is 1.06 bits per heavy atom. The van der Waals surface area contributed by atoms with Crippen LogP contribution in [0.3, 0.4) is 0 Å². The SMILES string of the molecule is CN(C)c1ccc(C(=O)N2CCN(C(=O)c3cccn3C)CC2C(=O)NC2CCCNC2=O)cc1. The van der Waals surface area contributed by atoms with Gasteiger partial charge >= 0.3 is 0 Å². The summed E-state index contributed by atoms with van der Waals surface area (Å²) < 4.78 is 1.73. The van der Waals surface area contributed by atoms with Crippen LogP contribution < -0.4 is 15.5 Å². The van der Waals surface area contributed by atoms with Crippen molar-refractivity contribution in [1.82, 2.24) is 25.0 Å². The fourth-order valence-electron chi connectivity index (χ4n) is 4.53. The molecule has 1 aromatic carbocycles. The molecule has 0 spiro atoms. The Bertz CT molecular complexity index is 1110. The van der Waals surface area contributed by atoms with Crippen molar-refractivity contribution in [1.29, 1.82) is 0 Å². The third-order valence-electron chi connectivity index (χ3n) is 6.63. The van der Waals surface area contributed by atoms with Crippen molar-refractivity contribution in [2.45, 2.75) is 24.9 Å². The number of piperidine rings is 1. The molecule has 2 fully saturated rings. The van der Waals surface area contributed by atoms with Crippen molar-refractivity contribution in [3.63, 3.8) is 0 Å². The first kappa shape index (κ1) is 24.3. The molecule has 2 N–H and O–H groups in total. The zero-order valence-electron chi connectivity index (χ0n) is 20.4. The molecule has 10 nitrogen and oxygen atoms in total. The molecule has 4 amide bonds. The quantitative estimate of drug-likeness (QED) is 0.647. The van der Waals surface area contributed by atoms with Gasteiger partial charge in [0.05, 0.1) is 6.54 Å². The number of carbonyl (C=O) groups is 4. The number of hydrogen-bond donors (Lipinski definition) is 2. The number of aromatic nitrogens is 1. The molecule has 2 aliphatic rings. The van der Waals surface area contributed by atoms with Gasteiger partial charge in [0, 0.05) is 58.2 Å². The Balaban J connectivity index is 1.57. The number of amides is 4. The van der Waals surface area contributed by atoms with E-state index in [0.29, 0.717) is 30.8 Å². The van der Waals surface area contributed by atoms with E-state index in [0.717, 1.165) is 12.1 Å². The highest BCUT2D eigenvalue weighted by atomic mass is 16.2. The van der Waals surface area contributed by atoms with Crippen molar-refractivity contribution >= 4 is 29.3 Å². The number of nitrogens with one attached hydrogen (secondary N) is 2. The van der Waals surface area contributed by atoms with Crippen LogP contribution in [0.4, 0.5) is 5.69 Å². The second-order valence-electron chi connectivity index (χ2n) is 9.21. The summed E-state index contributed by atoms with van der Waals surface area (Å²) in [6.07, 6.45) is 3.09. The van der Waals surface area contributed by atoms with Gasteiger partial charge in [0.1, 0.15) is 17.8 Å². The number of benzene rings is 1. The fourth-order valence-corrected chi connectivity index (χ4v) is 4.53. The molecule has 0 aliphatic carbocycles. The Hall–Kier alpha value is -3.82. The maximum atomic E-state index is 13.5. The Kier molecular flexibility index (Phi) is 7.09. The van der Waals surface area contributed by atoms with Gasteiger partial charge in [0.25, 0.3) is 11.8 Å². The number of hydrogen-bond acceptors (Lipinski definition) is 5. The third kappa shape index (κ3) is 5.16. The molecule has 0 saturated carbocycles. The normalized spacial score (nSPS) is 20.3. The van der Waals surface area contributed by atoms with Crippen LogP contribution in [0.2, 0.25) is 0 Å². The van der Waals surface area contributed by atoms with Gasteiger partial charge in [-0.15, -0.1) is 0 Å². The van der Waals surface area contributed by atoms with Gasteiger partial charge in [-0.2, -0.15) is 0 Å². The second kappa shape index (κ2) is 10.2. The Morgan fingerprint density at radius 3 is 2.43 bits per heavy atom. The van der Waals surface area contributed by atoms with E-state index in [2.05, 4.69) is 10.6 Å². The summed E-state index contributed by atoms with van der Waals surface area (Å²) >= 11 is 0. The molecular formula is C25H32N6O4. The van der Waals surface area contributed by atoms with Gasteiger partial charge in [-0.3, -0.25) is 19.2 Å². The molecule has 4 rings (SSSR count). The summed E-state index contributed by atoms with van der Waals surface area (Å²) in [6.45, 7) is 1.14. The third-order valence-corrected chi connectivity index (χ3v) is 6.63. The van der Waals surface area contributed by atoms with E-state index in [-0.39, 0.29) is 30.8 Å². The Labute approximate surface area is 204 Å². The summed E-state index contributed by atoms with van der Waals surface area (Å²) in [5.41, 5.74) is 1.93. The molecular weight excluding hydrogens is 448 g/mol. The van der Waals surface area contributed by atoms with Crippen molar-refractivity contribution in [3.8, 4) is 0 Å². The molecule has 2 aliphatic heterocycles. The molecule has 2 unspecified atom stereocenters. The van der Waals surface area contributed by atoms with Crippen LogP contribution in [0, 0.1) is 0 Å². The van der Waals surface area contributed by atoms with Crippen LogP contribution >= 0.6 is 0 Å². The summed E-state index contributed by atoms with van der Waals surface area (Å²) in [7, 11) is 5.62. The van der Waals surface area contributed by atoms with E-state index in [1.54, 1.807) is 47.0 Å². The van der Waals surface area contributed by atoms with Crippen LogP contribution in [0.5, 0.6) is 0 Å². The maximum absolute atomic E-state index is 13.5. The van der Waals surface area contributed by atoms with Gasteiger partial charge in [-0.05, 0) is 49.2 Å².